The maximum Gasteiger partial charge on any atom is 0.307 e. The first-order chi connectivity index (χ1) is 17.1. The summed E-state index contributed by atoms with van der Waals surface area (Å²) in [5.74, 6) is 0.206. The van der Waals surface area contributed by atoms with Gasteiger partial charge in [0.05, 0.1) is 29.3 Å². The van der Waals surface area contributed by atoms with Crippen molar-refractivity contribution in [2.75, 3.05) is 20.2 Å². The smallest absolute Gasteiger partial charge is 0.307 e. The highest BCUT2D eigenvalue weighted by atomic mass is 32.1. The number of thiazole rings is 1. The minimum Gasteiger partial charge on any atom is -0.493 e. The van der Waals surface area contributed by atoms with Crippen LogP contribution in [0.2, 0.25) is 0 Å². The molecule has 1 saturated heterocycles. The number of carbonyl (C=O) groups is 1. The van der Waals surface area contributed by atoms with E-state index in [9.17, 15) is 9.90 Å². The summed E-state index contributed by atoms with van der Waals surface area (Å²) in [6.45, 7) is 1.76. The lowest BCUT2D eigenvalue weighted by molar-refractivity contribution is -0.143. The molecule has 2 heterocycles. The highest BCUT2D eigenvalue weighted by Crippen LogP contribution is 2.40. The molecule has 0 spiro atoms. The van der Waals surface area contributed by atoms with E-state index in [1.54, 1.807) is 18.4 Å². The first kappa shape index (κ1) is 23.3. The Hall–Kier alpha value is -3.42. The first-order valence-corrected chi connectivity index (χ1v) is 12.6. The van der Waals surface area contributed by atoms with Gasteiger partial charge < -0.3 is 14.6 Å². The molecule has 6 nitrogen and oxygen atoms in total. The van der Waals surface area contributed by atoms with E-state index >= 15 is 0 Å². The lowest BCUT2D eigenvalue weighted by Gasteiger charge is -2.36. The van der Waals surface area contributed by atoms with Crippen molar-refractivity contribution in [2.45, 2.75) is 25.5 Å². The van der Waals surface area contributed by atoms with E-state index in [0.717, 1.165) is 39.3 Å². The van der Waals surface area contributed by atoms with Crippen molar-refractivity contribution >= 4 is 27.5 Å². The number of piperidine rings is 1. The van der Waals surface area contributed by atoms with E-state index in [-0.39, 0.29) is 12.0 Å². The second-order valence-corrected chi connectivity index (χ2v) is 9.84. The number of carboxylic acid groups (broad SMARTS) is 1. The number of aromatic nitrogens is 1. The number of likely N-dealkylation sites (tertiary alicyclic amines) is 1. The fraction of sp³-hybridized carbons (Fsp3) is 0.286. The zero-order valence-corrected chi connectivity index (χ0v) is 20.4. The fourth-order valence-corrected chi connectivity index (χ4v) is 5.80. The maximum absolute atomic E-state index is 11.8. The van der Waals surface area contributed by atoms with Crippen LogP contribution in [0.3, 0.4) is 0 Å². The quantitative estimate of drug-likeness (QED) is 0.340. The largest absolute Gasteiger partial charge is 0.493 e. The van der Waals surface area contributed by atoms with Crippen molar-refractivity contribution in [3.63, 3.8) is 0 Å². The third-order valence-corrected chi connectivity index (χ3v) is 7.54. The normalized spacial score (nSPS) is 17.2. The van der Waals surface area contributed by atoms with Gasteiger partial charge in [-0.05, 0) is 54.8 Å². The molecule has 1 fully saturated rings. The van der Waals surface area contributed by atoms with Gasteiger partial charge in [-0.2, -0.15) is 0 Å². The Morgan fingerprint density at radius 3 is 2.69 bits per heavy atom. The Morgan fingerprint density at radius 1 is 1.11 bits per heavy atom. The molecule has 35 heavy (non-hydrogen) atoms. The average Bonchev–Trinajstić information content (AvgIpc) is 3.32. The predicted molar refractivity (Wildman–Crippen MR) is 137 cm³/mol. The van der Waals surface area contributed by atoms with Gasteiger partial charge in [0.1, 0.15) is 11.6 Å². The fourth-order valence-electron chi connectivity index (χ4n) is 4.67. The molecule has 5 rings (SSSR count). The van der Waals surface area contributed by atoms with Crippen LogP contribution in [0.1, 0.15) is 35.0 Å². The van der Waals surface area contributed by atoms with Gasteiger partial charge in [0.15, 0.2) is 11.5 Å². The Bertz CT molecular complexity index is 1270. The summed E-state index contributed by atoms with van der Waals surface area (Å²) in [7, 11) is 1.64. The summed E-state index contributed by atoms with van der Waals surface area (Å²) >= 11 is 1.66. The average molecular weight is 489 g/mol. The van der Waals surface area contributed by atoms with Gasteiger partial charge in [-0.15, -0.1) is 11.3 Å². The minimum atomic E-state index is -0.736. The number of hydrogen-bond acceptors (Lipinski definition) is 6. The molecule has 3 aromatic carbocycles. The van der Waals surface area contributed by atoms with Crippen LogP contribution < -0.4 is 9.47 Å². The van der Waals surface area contributed by atoms with E-state index < -0.39 is 5.97 Å². The molecule has 7 heteroatoms. The first-order valence-electron chi connectivity index (χ1n) is 11.8. The Morgan fingerprint density at radius 2 is 1.91 bits per heavy atom. The van der Waals surface area contributed by atoms with Gasteiger partial charge in [0.2, 0.25) is 0 Å². The second-order valence-electron chi connectivity index (χ2n) is 8.78. The molecule has 0 amide bonds. The summed E-state index contributed by atoms with van der Waals surface area (Å²) in [4.78, 5) is 19.0. The van der Waals surface area contributed by atoms with Crippen molar-refractivity contribution in [3.05, 3.63) is 88.9 Å². The Kier molecular flexibility index (Phi) is 6.97. The number of rotatable bonds is 8. The van der Waals surface area contributed by atoms with Crippen molar-refractivity contribution < 1.29 is 19.4 Å². The molecule has 1 aromatic heterocycles. The molecule has 2 atom stereocenters. The van der Waals surface area contributed by atoms with Crippen molar-refractivity contribution in [1.29, 1.82) is 0 Å². The Labute approximate surface area is 208 Å². The molecule has 1 N–H and O–H groups in total. The molecule has 2 unspecified atom stereocenters. The van der Waals surface area contributed by atoms with Crippen LogP contribution in [0.4, 0.5) is 0 Å². The van der Waals surface area contributed by atoms with Crippen LogP contribution >= 0.6 is 11.3 Å². The van der Waals surface area contributed by atoms with Crippen molar-refractivity contribution in [3.8, 4) is 11.5 Å². The van der Waals surface area contributed by atoms with E-state index in [4.69, 9.17) is 14.5 Å². The number of para-hydroxylation sites is 1. The van der Waals surface area contributed by atoms with Gasteiger partial charge >= 0.3 is 5.97 Å². The number of carboxylic acids is 1. The van der Waals surface area contributed by atoms with Crippen LogP contribution in [0.15, 0.2) is 72.8 Å². The molecule has 4 aromatic rings. The number of benzene rings is 3. The van der Waals surface area contributed by atoms with Crippen LogP contribution in [-0.4, -0.2) is 41.2 Å². The summed E-state index contributed by atoms with van der Waals surface area (Å²) in [5, 5.41) is 10.6. The number of fused-ring (bicyclic) bond motifs is 1. The maximum atomic E-state index is 11.8. The van der Waals surface area contributed by atoms with Crippen LogP contribution in [0, 0.1) is 5.92 Å². The third-order valence-electron chi connectivity index (χ3n) is 6.45. The number of hydrogen-bond donors (Lipinski definition) is 1. The second kappa shape index (κ2) is 10.5. The number of methoxy groups -OCH3 is 1. The summed E-state index contributed by atoms with van der Waals surface area (Å²) in [6, 6.07) is 23.9. The highest BCUT2D eigenvalue weighted by molar-refractivity contribution is 7.18. The summed E-state index contributed by atoms with van der Waals surface area (Å²) in [6.07, 6.45) is 1.54. The van der Waals surface area contributed by atoms with E-state index in [1.165, 1.54) is 0 Å². The monoisotopic (exact) mass is 488 g/mol. The molecular formula is C28H28N2O4S. The highest BCUT2D eigenvalue weighted by Gasteiger charge is 2.33. The molecule has 0 radical (unpaired) electrons. The zero-order valence-electron chi connectivity index (χ0n) is 19.6. The van der Waals surface area contributed by atoms with E-state index in [1.807, 2.05) is 66.7 Å². The van der Waals surface area contributed by atoms with Gasteiger partial charge in [0.25, 0.3) is 0 Å². The van der Waals surface area contributed by atoms with Gasteiger partial charge in [0, 0.05) is 6.54 Å². The Balaban J connectivity index is 1.49. The lowest BCUT2D eigenvalue weighted by atomic mass is 9.95. The standard InChI is InChI=1S/C28H28N2O4S/c1-33-24-16-20(13-14-23(24)34-18-19-8-3-2-4-9-19)26(30-15-7-10-21(17-30)28(31)32)27-29-22-11-5-6-12-25(22)35-27/h2-6,8-9,11-14,16,21,26H,7,10,15,17-18H2,1H3,(H,31,32). The minimum absolute atomic E-state index is 0.161. The third kappa shape index (κ3) is 5.16. The molecular weight excluding hydrogens is 460 g/mol. The molecule has 0 saturated carbocycles. The van der Waals surface area contributed by atoms with E-state index in [0.29, 0.717) is 31.1 Å². The van der Waals surface area contributed by atoms with Crippen LogP contribution in [0.5, 0.6) is 11.5 Å². The van der Waals surface area contributed by atoms with Crippen LogP contribution in [-0.2, 0) is 11.4 Å². The molecule has 0 bridgehead atoms. The van der Waals surface area contributed by atoms with Crippen LogP contribution in [0.25, 0.3) is 10.2 Å². The molecule has 1 aliphatic rings. The predicted octanol–water partition coefficient (Wildman–Crippen LogP) is 5.77. The zero-order chi connectivity index (χ0) is 24.2. The topological polar surface area (TPSA) is 71.9 Å². The number of aliphatic carboxylic acids is 1. The number of nitrogens with zero attached hydrogens (tertiary/aromatic N) is 2. The van der Waals surface area contributed by atoms with Gasteiger partial charge in [-0.3, -0.25) is 9.69 Å². The molecule has 180 valence electrons. The summed E-state index contributed by atoms with van der Waals surface area (Å²) < 4.78 is 12.9. The van der Waals surface area contributed by atoms with Crippen molar-refractivity contribution in [1.82, 2.24) is 9.88 Å². The summed E-state index contributed by atoms with van der Waals surface area (Å²) in [5.41, 5.74) is 3.05. The molecule has 0 aliphatic carbocycles. The number of ether oxygens (including phenoxy) is 2. The van der Waals surface area contributed by atoms with E-state index in [2.05, 4.69) is 11.0 Å². The van der Waals surface area contributed by atoms with Gasteiger partial charge in [-0.25, -0.2) is 4.98 Å². The lowest BCUT2D eigenvalue weighted by Crippen LogP contribution is -2.41. The van der Waals surface area contributed by atoms with Gasteiger partial charge in [-0.1, -0.05) is 48.5 Å². The SMILES string of the molecule is COc1cc(C(c2nc3ccccc3s2)N2CCCC(C(=O)O)C2)ccc1OCc1ccccc1. The molecule has 1 aliphatic heterocycles. The van der Waals surface area contributed by atoms with Crippen molar-refractivity contribution in [2.24, 2.45) is 5.92 Å².